The standard InChI is InChI=1S/C21H21NO2/c1-4-15-12-17(10-11-18(15)20(23)14(2)3)19-13-22-24-21(19)16-8-6-5-7-9-16/h5-14H,4H2,1-3H3. The molecule has 24 heavy (non-hydrogen) atoms. The molecular weight excluding hydrogens is 298 g/mol. The number of carbonyl (C=O) groups excluding carboxylic acids is 1. The number of carbonyl (C=O) groups is 1. The van der Waals surface area contributed by atoms with E-state index in [1.54, 1.807) is 6.20 Å². The zero-order chi connectivity index (χ0) is 17.1. The Hall–Kier alpha value is -2.68. The molecule has 0 saturated carbocycles. The summed E-state index contributed by atoms with van der Waals surface area (Å²) in [5.41, 5.74) is 4.83. The summed E-state index contributed by atoms with van der Waals surface area (Å²) in [6.45, 7) is 5.94. The van der Waals surface area contributed by atoms with Crippen LogP contribution in [0.3, 0.4) is 0 Å². The van der Waals surface area contributed by atoms with Gasteiger partial charge in [0.25, 0.3) is 0 Å². The summed E-state index contributed by atoms with van der Waals surface area (Å²) >= 11 is 0. The Morgan fingerprint density at radius 1 is 1.08 bits per heavy atom. The van der Waals surface area contributed by atoms with Crippen molar-refractivity contribution in [1.29, 1.82) is 0 Å². The highest BCUT2D eigenvalue weighted by molar-refractivity contribution is 5.99. The Balaban J connectivity index is 2.06. The Kier molecular flexibility index (Phi) is 4.61. The van der Waals surface area contributed by atoms with Gasteiger partial charge in [0, 0.05) is 22.6 Å². The van der Waals surface area contributed by atoms with Gasteiger partial charge in [0.2, 0.25) is 0 Å². The molecule has 0 spiro atoms. The predicted molar refractivity (Wildman–Crippen MR) is 95.9 cm³/mol. The van der Waals surface area contributed by atoms with Crippen molar-refractivity contribution in [2.45, 2.75) is 27.2 Å². The molecule has 0 atom stereocenters. The highest BCUT2D eigenvalue weighted by Crippen LogP contribution is 2.33. The first-order valence-corrected chi connectivity index (χ1v) is 8.29. The summed E-state index contributed by atoms with van der Waals surface area (Å²) in [5.74, 6) is 0.934. The van der Waals surface area contributed by atoms with Crippen molar-refractivity contribution in [2.24, 2.45) is 5.92 Å². The molecule has 122 valence electrons. The Bertz CT molecular complexity index is 847. The summed E-state index contributed by atoms with van der Waals surface area (Å²) in [5, 5.41) is 3.97. The van der Waals surface area contributed by atoms with Gasteiger partial charge < -0.3 is 4.52 Å². The van der Waals surface area contributed by atoms with Gasteiger partial charge in [-0.1, -0.05) is 74.5 Å². The van der Waals surface area contributed by atoms with E-state index in [1.165, 1.54) is 0 Å². The second-order valence-corrected chi connectivity index (χ2v) is 6.18. The third kappa shape index (κ3) is 3.02. The third-order valence-electron chi connectivity index (χ3n) is 4.19. The molecule has 0 unspecified atom stereocenters. The van der Waals surface area contributed by atoms with Crippen LogP contribution in [-0.2, 0) is 6.42 Å². The summed E-state index contributed by atoms with van der Waals surface area (Å²) < 4.78 is 5.48. The van der Waals surface area contributed by atoms with Crippen molar-refractivity contribution in [3.63, 3.8) is 0 Å². The van der Waals surface area contributed by atoms with Crippen LogP contribution >= 0.6 is 0 Å². The molecule has 0 fully saturated rings. The lowest BCUT2D eigenvalue weighted by molar-refractivity contribution is 0.0938. The molecule has 0 radical (unpaired) electrons. The van der Waals surface area contributed by atoms with E-state index in [0.29, 0.717) is 0 Å². The maximum atomic E-state index is 12.4. The van der Waals surface area contributed by atoms with Gasteiger partial charge in [-0.15, -0.1) is 0 Å². The molecule has 2 aromatic carbocycles. The van der Waals surface area contributed by atoms with Gasteiger partial charge in [0.05, 0.1) is 6.20 Å². The highest BCUT2D eigenvalue weighted by Gasteiger charge is 2.17. The number of Topliss-reactive ketones (excluding diaryl/α,β-unsaturated/α-hetero) is 1. The van der Waals surface area contributed by atoms with Crippen molar-refractivity contribution in [3.05, 3.63) is 65.9 Å². The molecule has 3 aromatic rings. The van der Waals surface area contributed by atoms with Crippen LogP contribution in [0, 0.1) is 5.92 Å². The maximum Gasteiger partial charge on any atom is 0.174 e. The van der Waals surface area contributed by atoms with Gasteiger partial charge in [-0.25, -0.2) is 0 Å². The van der Waals surface area contributed by atoms with Gasteiger partial charge in [-0.2, -0.15) is 0 Å². The molecular formula is C21H21NO2. The first-order valence-electron chi connectivity index (χ1n) is 8.29. The van der Waals surface area contributed by atoms with E-state index >= 15 is 0 Å². The average molecular weight is 319 g/mol. The minimum atomic E-state index is -0.00313. The average Bonchev–Trinajstić information content (AvgIpc) is 3.11. The van der Waals surface area contributed by atoms with Crippen LogP contribution in [0.5, 0.6) is 0 Å². The molecule has 0 aliphatic rings. The van der Waals surface area contributed by atoms with Crippen molar-refractivity contribution < 1.29 is 9.32 Å². The number of hydrogen-bond acceptors (Lipinski definition) is 3. The van der Waals surface area contributed by atoms with Crippen molar-refractivity contribution in [3.8, 4) is 22.5 Å². The molecule has 1 aromatic heterocycles. The van der Waals surface area contributed by atoms with E-state index in [1.807, 2.05) is 56.3 Å². The monoisotopic (exact) mass is 319 g/mol. The zero-order valence-corrected chi connectivity index (χ0v) is 14.2. The van der Waals surface area contributed by atoms with Crippen LogP contribution in [-0.4, -0.2) is 10.9 Å². The minimum absolute atomic E-state index is 0.00313. The Morgan fingerprint density at radius 3 is 2.50 bits per heavy atom. The van der Waals surface area contributed by atoms with E-state index < -0.39 is 0 Å². The minimum Gasteiger partial charge on any atom is -0.356 e. The summed E-state index contributed by atoms with van der Waals surface area (Å²) in [4.78, 5) is 12.4. The van der Waals surface area contributed by atoms with Crippen LogP contribution in [0.2, 0.25) is 0 Å². The van der Waals surface area contributed by atoms with Crippen molar-refractivity contribution >= 4 is 5.78 Å². The van der Waals surface area contributed by atoms with Crippen LogP contribution in [0.15, 0.2) is 59.3 Å². The fourth-order valence-electron chi connectivity index (χ4n) is 2.85. The lowest BCUT2D eigenvalue weighted by Gasteiger charge is -2.11. The van der Waals surface area contributed by atoms with Gasteiger partial charge in [-0.3, -0.25) is 4.79 Å². The fraction of sp³-hybridized carbons (Fsp3) is 0.238. The first-order chi connectivity index (χ1) is 11.6. The second-order valence-electron chi connectivity index (χ2n) is 6.18. The number of benzene rings is 2. The van der Waals surface area contributed by atoms with Crippen molar-refractivity contribution in [1.82, 2.24) is 5.16 Å². The second kappa shape index (κ2) is 6.83. The molecule has 0 amide bonds. The Labute approximate surface area is 142 Å². The smallest absolute Gasteiger partial charge is 0.174 e. The van der Waals surface area contributed by atoms with Gasteiger partial charge >= 0.3 is 0 Å². The summed E-state index contributed by atoms with van der Waals surface area (Å²) in [6.07, 6.45) is 2.55. The predicted octanol–water partition coefficient (Wildman–Crippen LogP) is 5.41. The van der Waals surface area contributed by atoms with E-state index in [0.717, 1.165) is 40.0 Å². The fourth-order valence-corrected chi connectivity index (χ4v) is 2.85. The zero-order valence-electron chi connectivity index (χ0n) is 14.2. The highest BCUT2D eigenvalue weighted by atomic mass is 16.5. The number of aryl methyl sites for hydroxylation is 1. The van der Waals surface area contributed by atoms with E-state index in [4.69, 9.17) is 4.52 Å². The van der Waals surface area contributed by atoms with Gasteiger partial charge in [0.15, 0.2) is 11.5 Å². The molecule has 3 rings (SSSR count). The van der Waals surface area contributed by atoms with Crippen LogP contribution in [0.25, 0.3) is 22.5 Å². The Morgan fingerprint density at radius 2 is 1.83 bits per heavy atom. The molecule has 0 N–H and O–H groups in total. The van der Waals surface area contributed by atoms with Crippen LogP contribution in [0.4, 0.5) is 0 Å². The third-order valence-corrected chi connectivity index (χ3v) is 4.19. The summed E-state index contributed by atoms with van der Waals surface area (Å²) in [7, 11) is 0. The number of nitrogens with zero attached hydrogens (tertiary/aromatic N) is 1. The molecule has 3 nitrogen and oxygen atoms in total. The van der Waals surface area contributed by atoms with E-state index in [2.05, 4.69) is 18.1 Å². The molecule has 0 aliphatic heterocycles. The molecule has 0 bridgehead atoms. The van der Waals surface area contributed by atoms with E-state index in [-0.39, 0.29) is 11.7 Å². The molecule has 0 saturated heterocycles. The number of hydrogen-bond donors (Lipinski definition) is 0. The SMILES string of the molecule is CCc1cc(-c2cnoc2-c2ccccc2)ccc1C(=O)C(C)C. The maximum absolute atomic E-state index is 12.4. The topological polar surface area (TPSA) is 43.1 Å². The lowest BCUT2D eigenvalue weighted by atomic mass is 9.91. The molecule has 3 heteroatoms. The normalized spacial score (nSPS) is 11.0. The van der Waals surface area contributed by atoms with E-state index in [9.17, 15) is 4.79 Å². The van der Waals surface area contributed by atoms with Gasteiger partial charge in [-0.05, 0) is 17.5 Å². The number of ketones is 1. The molecule has 0 aliphatic carbocycles. The number of aromatic nitrogens is 1. The van der Waals surface area contributed by atoms with Gasteiger partial charge in [0.1, 0.15) is 0 Å². The largest absolute Gasteiger partial charge is 0.356 e. The summed E-state index contributed by atoms with van der Waals surface area (Å²) in [6, 6.07) is 15.9. The van der Waals surface area contributed by atoms with Crippen LogP contribution < -0.4 is 0 Å². The first kappa shape index (κ1) is 16.2. The van der Waals surface area contributed by atoms with Crippen molar-refractivity contribution in [2.75, 3.05) is 0 Å². The van der Waals surface area contributed by atoms with Crippen LogP contribution in [0.1, 0.15) is 36.7 Å². The quantitative estimate of drug-likeness (QED) is 0.591. The molecule has 1 heterocycles. The lowest BCUT2D eigenvalue weighted by Crippen LogP contribution is -2.10. The number of rotatable bonds is 5.